The van der Waals surface area contributed by atoms with Crippen LogP contribution in [0.5, 0.6) is 5.75 Å². The van der Waals surface area contributed by atoms with Crippen molar-refractivity contribution in [3.8, 4) is 5.75 Å². The Morgan fingerprint density at radius 2 is 1.86 bits per heavy atom. The van der Waals surface area contributed by atoms with E-state index in [1.807, 2.05) is 12.1 Å². The molecule has 1 saturated heterocycles. The highest BCUT2D eigenvalue weighted by atomic mass is 16.5. The van der Waals surface area contributed by atoms with Gasteiger partial charge < -0.3 is 14.8 Å². The van der Waals surface area contributed by atoms with Gasteiger partial charge in [-0.3, -0.25) is 14.5 Å². The van der Waals surface area contributed by atoms with Crippen LogP contribution in [0.4, 0.5) is 0 Å². The average molecular weight is 405 g/mol. The van der Waals surface area contributed by atoms with Crippen LogP contribution in [0.2, 0.25) is 0 Å². The smallest absolute Gasteiger partial charge is 0.311 e. The first kappa shape index (κ1) is 23.2. The Bertz CT molecular complexity index is 649. The maximum Gasteiger partial charge on any atom is 0.311 e. The van der Waals surface area contributed by atoms with Crippen molar-refractivity contribution in [3.63, 3.8) is 0 Å². The van der Waals surface area contributed by atoms with Crippen molar-refractivity contribution in [1.29, 1.82) is 0 Å². The molecule has 1 aromatic rings. The maximum absolute atomic E-state index is 11.8. The Balaban J connectivity index is 1.57. The Morgan fingerprint density at radius 1 is 1.10 bits per heavy atom. The fraction of sp³-hybridized carbons (Fsp3) is 0.652. The van der Waals surface area contributed by atoms with Gasteiger partial charge in [0.15, 0.2) is 0 Å². The average Bonchev–Trinajstić information content (AvgIpc) is 2.68. The summed E-state index contributed by atoms with van der Waals surface area (Å²) in [7, 11) is 0. The molecule has 0 saturated carbocycles. The second-order valence-electron chi connectivity index (χ2n) is 8.67. The number of hydrogen-bond donors (Lipinski definition) is 1. The van der Waals surface area contributed by atoms with Crippen LogP contribution in [0.25, 0.3) is 0 Å². The van der Waals surface area contributed by atoms with E-state index in [-0.39, 0.29) is 24.9 Å². The van der Waals surface area contributed by atoms with Crippen LogP contribution < -0.4 is 10.1 Å². The maximum atomic E-state index is 11.8. The highest BCUT2D eigenvalue weighted by Crippen LogP contribution is 2.18. The minimum atomic E-state index is -0.543. The van der Waals surface area contributed by atoms with Gasteiger partial charge in [-0.05, 0) is 70.8 Å². The molecule has 6 nitrogen and oxygen atoms in total. The number of benzene rings is 1. The lowest BCUT2D eigenvalue weighted by molar-refractivity contribution is -0.153. The zero-order valence-electron chi connectivity index (χ0n) is 18.2. The zero-order chi connectivity index (χ0) is 21.1. The molecule has 1 fully saturated rings. The van der Waals surface area contributed by atoms with Crippen LogP contribution in [0.1, 0.15) is 58.4 Å². The van der Waals surface area contributed by atoms with Gasteiger partial charge in [0.1, 0.15) is 12.4 Å². The topological polar surface area (TPSA) is 67.9 Å². The predicted octanol–water partition coefficient (Wildman–Crippen LogP) is 3.54. The lowest BCUT2D eigenvalue weighted by atomic mass is 9.97. The molecule has 1 aromatic carbocycles. The van der Waals surface area contributed by atoms with Crippen LogP contribution in [-0.4, -0.2) is 49.6 Å². The highest BCUT2D eigenvalue weighted by Gasteiger charge is 2.22. The van der Waals surface area contributed by atoms with Gasteiger partial charge in [0, 0.05) is 13.1 Å². The summed E-state index contributed by atoms with van der Waals surface area (Å²) in [4.78, 5) is 25.9. The largest absolute Gasteiger partial charge is 0.494 e. The number of amides is 1. The van der Waals surface area contributed by atoms with Gasteiger partial charge in [0.2, 0.25) is 5.91 Å². The number of nitrogens with one attached hydrogen (secondary N) is 1. The molecule has 0 bridgehead atoms. The van der Waals surface area contributed by atoms with Crippen LogP contribution in [0, 0.1) is 5.41 Å². The summed E-state index contributed by atoms with van der Waals surface area (Å²) < 4.78 is 10.9. The molecule has 2 rings (SSSR count). The second kappa shape index (κ2) is 11.8. The number of nitrogens with zero attached hydrogens (tertiary/aromatic N) is 1. The SMILES string of the molecule is CC(C)(C)C(=O)OCCC(=O)NCCCOc1cccc(CN2CCCCC2)c1. The number of carbonyl (C=O) groups is 2. The Labute approximate surface area is 174 Å². The molecule has 1 aliphatic rings. The molecule has 0 radical (unpaired) electrons. The van der Waals surface area contributed by atoms with E-state index >= 15 is 0 Å². The molecule has 162 valence electrons. The minimum absolute atomic E-state index is 0.113. The number of carbonyl (C=O) groups excluding carboxylic acids is 2. The molecule has 1 aliphatic heterocycles. The minimum Gasteiger partial charge on any atom is -0.494 e. The van der Waals surface area contributed by atoms with E-state index in [9.17, 15) is 9.59 Å². The third kappa shape index (κ3) is 9.31. The van der Waals surface area contributed by atoms with E-state index in [4.69, 9.17) is 9.47 Å². The fourth-order valence-electron chi connectivity index (χ4n) is 3.14. The number of piperidine rings is 1. The summed E-state index contributed by atoms with van der Waals surface area (Å²) in [6.45, 7) is 9.91. The molecule has 0 unspecified atom stereocenters. The van der Waals surface area contributed by atoms with Crippen molar-refractivity contribution in [2.45, 2.75) is 59.4 Å². The van der Waals surface area contributed by atoms with Gasteiger partial charge in [-0.2, -0.15) is 0 Å². The number of ether oxygens (including phenoxy) is 2. The quantitative estimate of drug-likeness (QED) is 0.477. The first-order valence-corrected chi connectivity index (χ1v) is 10.7. The van der Waals surface area contributed by atoms with E-state index in [1.165, 1.54) is 37.9 Å². The van der Waals surface area contributed by atoms with Gasteiger partial charge in [-0.25, -0.2) is 0 Å². The summed E-state index contributed by atoms with van der Waals surface area (Å²) in [5.74, 6) is 0.469. The van der Waals surface area contributed by atoms with E-state index in [0.717, 1.165) is 18.7 Å². The van der Waals surface area contributed by atoms with Gasteiger partial charge in [0.05, 0.1) is 18.4 Å². The lowest BCUT2D eigenvalue weighted by Gasteiger charge is -2.26. The van der Waals surface area contributed by atoms with Gasteiger partial charge in [0.25, 0.3) is 0 Å². The summed E-state index contributed by atoms with van der Waals surface area (Å²) in [5, 5.41) is 2.83. The molecule has 0 aliphatic carbocycles. The molecular weight excluding hydrogens is 368 g/mol. The number of rotatable bonds is 10. The number of hydrogen-bond acceptors (Lipinski definition) is 5. The summed E-state index contributed by atoms with van der Waals surface area (Å²) >= 11 is 0. The van der Waals surface area contributed by atoms with E-state index in [0.29, 0.717) is 13.2 Å². The molecule has 1 amide bonds. The third-order valence-electron chi connectivity index (χ3n) is 4.84. The van der Waals surface area contributed by atoms with Crippen molar-refractivity contribution in [3.05, 3.63) is 29.8 Å². The van der Waals surface area contributed by atoms with Crippen LogP contribution in [0.3, 0.4) is 0 Å². The summed E-state index contributed by atoms with van der Waals surface area (Å²) in [6, 6.07) is 8.27. The molecule has 1 heterocycles. The van der Waals surface area contributed by atoms with Crippen LogP contribution >= 0.6 is 0 Å². The van der Waals surface area contributed by atoms with Crippen molar-refractivity contribution in [2.75, 3.05) is 32.8 Å². The fourth-order valence-corrected chi connectivity index (χ4v) is 3.14. The van der Waals surface area contributed by atoms with Crippen molar-refractivity contribution in [1.82, 2.24) is 10.2 Å². The van der Waals surface area contributed by atoms with E-state index < -0.39 is 5.41 Å². The predicted molar refractivity (Wildman–Crippen MR) is 114 cm³/mol. The molecule has 0 spiro atoms. The Morgan fingerprint density at radius 3 is 2.59 bits per heavy atom. The highest BCUT2D eigenvalue weighted by molar-refractivity contribution is 5.77. The molecular formula is C23H36N2O4. The normalized spacial score (nSPS) is 15.0. The van der Waals surface area contributed by atoms with Crippen molar-refractivity contribution < 1.29 is 19.1 Å². The molecule has 29 heavy (non-hydrogen) atoms. The van der Waals surface area contributed by atoms with Gasteiger partial charge in [-0.15, -0.1) is 0 Å². The molecule has 0 aromatic heterocycles. The van der Waals surface area contributed by atoms with E-state index in [2.05, 4.69) is 22.3 Å². The number of esters is 1. The van der Waals surface area contributed by atoms with Gasteiger partial charge >= 0.3 is 5.97 Å². The van der Waals surface area contributed by atoms with Crippen LogP contribution in [0.15, 0.2) is 24.3 Å². The first-order valence-electron chi connectivity index (χ1n) is 10.7. The van der Waals surface area contributed by atoms with E-state index in [1.54, 1.807) is 20.8 Å². The lowest BCUT2D eigenvalue weighted by Crippen LogP contribution is -2.29. The second-order valence-corrected chi connectivity index (χ2v) is 8.67. The monoisotopic (exact) mass is 404 g/mol. The zero-order valence-corrected chi connectivity index (χ0v) is 18.2. The summed E-state index contributed by atoms with van der Waals surface area (Å²) in [5.41, 5.74) is 0.737. The first-order chi connectivity index (χ1) is 13.8. The Hall–Kier alpha value is -2.08. The van der Waals surface area contributed by atoms with Crippen molar-refractivity contribution in [2.24, 2.45) is 5.41 Å². The molecule has 0 atom stereocenters. The molecule has 6 heteroatoms. The molecule has 1 N–H and O–H groups in total. The standard InChI is InChI=1S/C23H36N2O4/c1-23(2,3)22(27)29-16-11-21(26)24-12-8-15-28-20-10-7-9-19(17-20)18-25-13-5-4-6-14-25/h7,9-10,17H,4-6,8,11-16,18H2,1-3H3,(H,24,26). The third-order valence-corrected chi connectivity index (χ3v) is 4.84. The number of likely N-dealkylation sites (tertiary alicyclic amines) is 1. The van der Waals surface area contributed by atoms with Crippen molar-refractivity contribution >= 4 is 11.9 Å². The Kier molecular flexibility index (Phi) is 9.45. The van der Waals surface area contributed by atoms with Crippen LogP contribution in [-0.2, 0) is 20.9 Å². The van der Waals surface area contributed by atoms with Gasteiger partial charge in [-0.1, -0.05) is 18.6 Å². The summed E-state index contributed by atoms with van der Waals surface area (Å²) in [6.07, 6.45) is 4.84.